The van der Waals surface area contributed by atoms with Crippen molar-refractivity contribution in [2.75, 3.05) is 26.2 Å². The first-order valence-corrected chi connectivity index (χ1v) is 5.84. The van der Waals surface area contributed by atoms with Crippen molar-refractivity contribution >= 4 is 0 Å². The molecule has 86 valence electrons. The third-order valence-electron chi connectivity index (χ3n) is 2.17. The quantitative estimate of drug-likeness (QED) is 0.438. The topological polar surface area (TPSA) is 35.5 Å². The second-order valence-corrected chi connectivity index (χ2v) is 3.83. The Morgan fingerprint density at radius 2 is 1.71 bits per heavy atom. The third-order valence-corrected chi connectivity index (χ3v) is 2.17. The highest BCUT2D eigenvalue weighted by Gasteiger charge is 2.01. The van der Waals surface area contributed by atoms with Crippen molar-refractivity contribution in [3.05, 3.63) is 0 Å². The van der Waals surface area contributed by atoms with Gasteiger partial charge in [0.15, 0.2) is 0 Å². The molecule has 0 aliphatic carbocycles. The minimum Gasteiger partial charge on any atom is -0.379 e. The molecule has 14 heavy (non-hydrogen) atoms. The molecule has 2 N–H and O–H groups in total. The molecule has 0 aliphatic rings. The van der Waals surface area contributed by atoms with Crippen LogP contribution in [0.3, 0.4) is 0 Å². The van der Waals surface area contributed by atoms with E-state index in [1.807, 2.05) is 0 Å². The zero-order valence-corrected chi connectivity index (χ0v) is 9.92. The minimum absolute atomic E-state index is 0.374. The van der Waals surface area contributed by atoms with Gasteiger partial charge in [-0.1, -0.05) is 13.8 Å². The Labute approximate surface area is 88.5 Å². The maximum Gasteiger partial charge on any atom is 0.102 e. The van der Waals surface area contributed by atoms with Gasteiger partial charge in [-0.05, 0) is 52.4 Å². The SMILES string of the molecule is CCCN(CCC)CCCNC(C)O. The van der Waals surface area contributed by atoms with E-state index in [1.54, 1.807) is 6.92 Å². The van der Waals surface area contributed by atoms with Crippen molar-refractivity contribution in [1.82, 2.24) is 10.2 Å². The van der Waals surface area contributed by atoms with Gasteiger partial charge in [0.2, 0.25) is 0 Å². The summed E-state index contributed by atoms with van der Waals surface area (Å²) in [6.07, 6.45) is 3.19. The van der Waals surface area contributed by atoms with Crippen LogP contribution in [0, 0.1) is 0 Å². The van der Waals surface area contributed by atoms with E-state index in [2.05, 4.69) is 24.1 Å². The second kappa shape index (κ2) is 9.44. The molecular formula is C11H26N2O. The molecular weight excluding hydrogens is 176 g/mol. The monoisotopic (exact) mass is 202 g/mol. The fourth-order valence-electron chi connectivity index (χ4n) is 1.58. The van der Waals surface area contributed by atoms with Gasteiger partial charge >= 0.3 is 0 Å². The lowest BCUT2D eigenvalue weighted by molar-refractivity contribution is 0.153. The fraction of sp³-hybridized carbons (Fsp3) is 1.00. The number of aliphatic hydroxyl groups excluding tert-OH is 1. The van der Waals surface area contributed by atoms with Gasteiger partial charge in [0.1, 0.15) is 6.23 Å². The predicted octanol–water partition coefficient (Wildman–Crippen LogP) is 1.43. The van der Waals surface area contributed by atoms with Gasteiger partial charge in [0.25, 0.3) is 0 Å². The van der Waals surface area contributed by atoms with Crippen LogP contribution in [0.5, 0.6) is 0 Å². The molecule has 1 unspecified atom stereocenters. The second-order valence-electron chi connectivity index (χ2n) is 3.83. The van der Waals surface area contributed by atoms with Gasteiger partial charge < -0.3 is 10.0 Å². The van der Waals surface area contributed by atoms with Crippen molar-refractivity contribution < 1.29 is 5.11 Å². The lowest BCUT2D eigenvalue weighted by Crippen LogP contribution is -2.31. The zero-order valence-electron chi connectivity index (χ0n) is 9.92. The van der Waals surface area contributed by atoms with Gasteiger partial charge in [0.05, 0.1) is 0 Å². The Balaban J connectivity index is 3.40. The maximum atomic E-state index is 9.00. The summed E-state index contributed by atoms with van der Waals surface area (Å²) in [6.45, 7) is 10.6. The highest BCUT2D eigenvalue weighted by molar-refractivity contribution is 4.57. The number of nitrogens with one attached hydrogen (secondary N) is 1. The Morgan fingerprint density at radius 1 is 1.14 bits per heavy atom. The van der Waals surface area contributed by atoms with Crippen molar-refractivity contribution in [2.45, 2.75) is 46.3 Å². The van der Waals surface area contributed by atoms with Gasteiger partial charge in [-0.15, -0.1) is 0 Å². The van der Waals surface area contributed by atoms with E-state index in [0.717, 1.165) is 19.5 Å². The molecule has 0 amide bonds. The largest absolute Gasteiger partial charge is 0.379 e. The number of aliphatic hydroxyl groups is 1. The predicted molar refractivity (Wildman–Crippen MR) is 61.3 cm³/mol. The van der Waals surface area contributed by atoms with Gasteiger partial charge in [-0.3, -0.25) is 5.32 Å². The maximum absolute atomic E-state index is 9.00. The summed E-state index contributed by atoms with van der Waals surface area (Å²) in [4.78, 5) is 2.49. The summed E-state index contributed by atoms with van der Waals surface area (Å²) >= 11 is 0. The van der Waals surface area contributed by atoms with E-state index >= 15 is 0 Å². The van der Waals surface area contributed by atoms with E-state index in [-0.39, 0.29) is 6.23 Å². The minimum atomic E-state index is -0.374. The first-order chi connectivity index (χ1) is 6.70. The molecule has 1 atom stereocenters. The normalized spacial score (nSPS) is 13.5. The lowest BCUT2D eigenvalue weighted by atomic mass is 10.3. The fourth-order valence-corrected chi connectivity index (χ4v) is 1.58. The molecule has 3 heteroatoms. The van der Waals surface area contributed by atoms with Crippen LogP contribution in [-0.2, 0) is 0 Å². The van der Waals surface area contributed by atoms with E-state index in [0.29, 0.717) is 0 Å². The summed E-state index contributed by atoms with van der Waals surface area (Å²) in [5.41, 5.74) is 0. The first kappa shape index (κ1) is 13.9. The lowest BCUT2D eigenvalue weighted by Gasteiger charge is -2.21. The van der Waals surface area contributed by atoms with E-state index in [9.17, 15) is 0 Å². The van der Waals surface area contributed by atoms with Crippen LogP contribution in [0.1, 0.15) is 40.0 Å². The smallest absolute Gasteiger partial charge is 0.102 e. The molecule has 3 nitrogen and oxygen atoms in total. The Morgan fingerprint density at radius 3 is 2.14 bits per heavy atom. The van der Waals surface area contributed by atoms with Crippen LogP contribution in [0.25, 0.3) is 0 Å². The standard InChI is InChI=1S/C11H26N2O/c1-4-8-13(9-5-2)10-6-7-12-11(3)14/h11-12,14H,4-10H2,1-3H3. The van der Waals surface area contributed by atoms with E-state index in [1.165, 1.54) is 25.9 Å². The van der Waals surface area contributed by atoms with E-state index < -0.39 is 0 Å². The number of hydrogen-bond donors (Lipinski definition) is 2. The van der Waals surface area contributed by atoms with Crippen molar-refractivity contribution in [1.29, 1.82) is 0 Å². The molecule has 0 spiro atoms. The van der Waals surface area contributed by atoms with Crippen LogP contribution >= 0.6 is 0 Å². The first-order valence-electron chi connectivity index (χ1n) is 5.84. The molecule has 0 fully saturated rings. The molecule has 0 aliphatic heterocycles. The molecule has 0 heterocycles. The number of rotatable bonds is 9. The van der Waals surface area contributed by atoms with Crippen LogP contribution in [0.2, 0.25) is 0 Å². The summed E-state index contributed by atoms with van der Waals surface area (Å²) in [5, 5.41) is 12.0. The summed E-state index contributed by atoms with van der Waals surface area (Å²) < 4.78 is 0. The summed E-state index contributed by atoms with van der Waals surface area (Å²) in [5.74, 6) is 0. The van der Waals surface area contributed by atoms with Crippen molar-refractivity contribution in [3.8, 4) is 0 Å². The molecule has 0 aromatic carbocycles. The average molecular weight is 202 g/mol. The van der Waals surface area contributed by atoms with Crippen molar-refractivity contribution in [3.63, 3.8) is 0 Å². The number of nitrogens with zero attached hydrogens (tertiary/aromatic N) is 1. The average Bonchev–Trinajstić information content (AvgIpc) is 2.12. The van der Waals surface area contributed by atoms with Crippen LogP contribution in [0.4, 0.5) is 0 Å². The molecule has 0 aromatic rings. The highest BCUT2D eigenvalue weighted by Crippen LogP contribution is 1.95. The van der Waals surface area contributed by atoms with Crippen LogP contribution in [0.15, 0.2) is 0 Å². The molecule has 0 aromatic heterocycles. The molecule has 0 bridgehead atoms. The highest BCUT2D eigenvalue weighted by atomic mass is 16.3. The summed E-state index contributed by atoms with van der Waals surface area (Å²) in [7, 11) is 0. The van der Waals surface area contributed by atoms with Gasteiger partial charge in [-0.2, -0.15) is 0 Å². The van der Waals surface area contributed by atoms with E-state index in [4.69, 9.17) is 5.11 Å². The van der Waals surface area contributed by atoms with Crippen LogP contribution in [-0.4, -0.2) is 42.4 Å². The summed E-state index contributed by atoms with van der Waals surface area (Å²) in [6, 6.07) is 0. The molecule has 0 radical (unpaired) electrons. The Hall–Kier alpha value is -0.120. The molecule has 0 saturated heterocycles. The third kappa shape index (κ3) is 8.48. The Kier molecular flexibility index (Phi) is 9.35. The zero-order chi connectivity index (χ0) is 10.8. The van der Waals surface area contributed by atoms with Crippen molar-refractivity contribution in [2.24, 2.45) is 0 Å². The molecule has 0 rings (SSSR count). The Bertz CT molecular complexity index is 112. The van der Waals surface area contributed by atoms with Gasteiger partial charge in [-0.25, -0.2) is 0 Å². The van der Waals surface area contributed by atoms with Crippen LogP contribution < -0.4 is 5.32 Å². The van der Waals surface area contributed by atoms with Gasteiger partial charge in [0, 0.05) is 0 Å². The number of hydrogen-bond acceptors (Lipinski definition) is 3. The molecule has 0 saturated carbocycles.